The van der Waals surface area contributed by atoms with Crippen LogP contribution < -0.4 is 5.32 Å². The predicted octanol–water partition coefficient (Wildman–Crippen LogP) is 2.92. The normalized spacial score (nSPS) is 17.0. The van der Waals surface area contributed by atoms with Crippen LogP contribution in [0.15, 0.2) is 60.7 Å². The highest BCUT2D eigenvalue weighted by atomic mass is 16.5. The summed E-state index contributed by atoms with van der Waals surface area (Å²) in [4.78, 5) is 43.2. The quantitative estimate of drug-likeness (QED) is 0.585. The van der Waals surface area contributed by atoms with Gasteiger partial charge in [0.1, 0.15) is 11.7 Å². The average Bonchev–Trinajstić information content (AvgIpc) is 3.27. The molecule has 0 radical (unpaired) electrons. The fourth-order valence-electron chi connectivity index (χ4n) is 4.21. The zero-order chi connectivity index (χ0) is 22.5. The first-order valence-corrected chi connectivity index (χ1v) is 10.8. The van der Waals surface area contributed by atoms with E-state index in [0.29, 0.717) is 31.6 Å². The topological polar surface area (TPSA) is 91.5 Å². The highest BCUT2D eigenvalue weighted by Crippen LogP contribution is 2.21. The molecule has 1 aliphatic rings. The number of aromatic amines is 1. The molecule has 7 nitrogen and oxygen atoms in total. The summed E-state index contributed by atoms with van der Waals surface area (Å²) in [5.41, 5.74) is 2.36. The number of likely N-dealkylation sites (tertiary alicyclic amines) is 1. The van der Waals surface area contributed by atoms with E-state index in [1.165, 1.54) is 7.11 Å². The Morgan fingerprint density at radius 2 is 1.88 bits per heavy atom. The van der Waals surface area contributed by atoms with Crippen LogP contribution in [0.4, 0.5) is 0 Å². The van der Waals surface area contributed by atoms with Gasteiger partial charge in [-0.3, -0.25) is 9.59 Å². The van der Waals surface area contributed by atoms with Crippen molar-refractivity contribution in [3.63, 3.8) is 0 Å². The summed E-state index contributed by atoms with van der Waals surface area (Å²) in [6, 6.07) is 18.3. The maximum atomic E-state index is 13.0. The minimum atomic E-state index is -0.769. The number of benzene rings is 2. The lowest BCUT2D eigenvalue weighted by Crippen LogP contribution is -2.50. The van der Waals surface area contributed by atoms with E-state index in [4.69, 9.17) is 4.74 Å². The van der Waals surface area contributed by atoms with Crippen LogP contribution in [0, 0.1) is 5.92 Å². The Hall–Kier alpha value is -3.61. The van der Waals surface area contributed by atoms with E-state index in [9.17, 15) is 14.4 Å². The maximum absolute atomic E-state index is 13.0. The Kier molecular flexibility index (Phi) is 6.54. The summed E-state index contributed by atoms with van der Waals surface area (Å²) in [6.45, 7) is 0.918. The minimum absolute atomic E-state index is 0.118. The number of nitrogens with zero attached hydrogens (tertiary/aromatic N) is 1. The smallest absolute Gasteiger partial charge is 0.328 e. The Labute approximate surface area is 186 Å². The highest BCUT2D eigenvalue weighted by molar-refractivity contribution is 5.98. The third kappa shape index (κ3) is 4.82. The number of fused-ring (bicyclic) bond motifs is 1. The molecule has 7 heteroatoms. The van der Waals surface area contributed by atoms with Crippen molar-refractivity contribution in [3.8, 4) is 0 Å². The first kappa shape index (κ1) is 21.6. The maximum Gasteiger partial charge on any atom is 0.328 e. The highest BCUT2D eigenvalue weighted by Gasteiger charge is 2.32. The molecular weight excluding hydrogens is 406 g/mol. The molecule has 1 saturated heterocycles. The number of hydrogen-bond donors (Lipinski definition) is 2. The molecule has 2 amide bonds. The van der Waals surface area contributed by atoms with E-state index >= 15 is 0 Å². The van der Waals surface area contributed by atoms with Gasteiger partial charge in [-0.1, -0.05) is 48.5 Å². The molecule has 2 N–H and O–H groups in total. The van der Waals surface area contributed by atoms with E-state index in [1.54, 1.807) is 4.90 Å². The van der Waals surface area contributed by atoms with Crippen molar-refractivity contribution >= 4 is 28.7 Å². The molecule has 1 aromatic heterocycles. The van der Waals surface area contributed by atoms with Gasteiger partial charge in [0.2, 0.25) is 5.91 Å². The fourth-order valence-corrected chi connectivity index (χ4v) is 4.21. The predicted molar refractivity (Wildman–Crippen MR) is 121 cm³/mol. The lowest BCUT2D eigenvalue weighted by atomic mass is 9.96. The molecular formula is C25H27N3O4. The number of carbonyl (C=O) groups excluding carboxylic acids is 3. The van der Waals surface area contributed by atoms with Crippen molar-refractivity contribution in [3.05, 3.63) is 71.9 Å². The van der Waals surface area contributed by atoms with E-state index in [2.05, 4.69) is 10.3 Å². The molecule has 1 unspecified atom stereocenters. The summed E-state index contributed by atoms with van der Waals surface area (Å²) in [7, 11) is 1.31. The van der Waals surface area contributed by atoms with Gasteiger partial charge in [0, 0.05) is 30.4 Å². The van der Waals surface area contributed by atoms with E-state index < -0.39 is 12.0 Å². The van der Waals surface area contributed by atoms with Crippen molar-refractivity contribution < 1.29 is 19.1 Å². The summed E-state index contributed by atoms with van der Waals surface area (Å²) in [5.74, 6) is -1.21. The van der Waals surface area contributed by atoms with Gasteiger partial charge in [-0.2, -0.15) is 0 Å². The molecule has 0 aliphatic carbocycles. The molecule has 1 fully saturated rings. The third-order valence-corrected chi connectivity index (χ3v) is 5.92. The Balaban J connectivity index is 1.42. The summed E-state index contributed by atoms with van der Waals surface area (Å²) < 4.78 is 4.90. The van der Waals surface area contributed by atoms with Crippen molar-refractivity contribution in [2.24, 2.45) is 5.92 Å². The van der Waals surface area contributed by atoms with Crippen molar-refractivity contribution in [1.29, 1.82) is 0 Å². The number of methoxy groups -OCH3 is 1. The van der Waals surface area contributed by atoms with Gasteiger partial charge in [-0.15, -0.1) is 0 Å². The summed E-state index contributed by atoms with van der Waals surface area (Å²) >= 11 is 0. The van der Waals surface area contributed by atoms with Gasteiger partial charge < -0.3 is 19.9 Å². The monoisotopic (exact) mass is 433 g/mol. The SMILES string of the molecule is COC(=O)[C@@H](Cc1ccccc1)NC(=O)C1CCCN(C(=O)c2cc3ccccc3[nH]2)C1. The average molecular weight is 434 g/mol. The van der Waals surface area contributed by atoms with Crippen LogP contribution in [0.1, 0.15) is 28.9 Å². The molecule has 0 spiro atoms. The van der Waals surface area contributed by atoms with Gasteiger partial charge >= 0.3 is 5.97 Å². The number of amides is 2. The lowest BCUT2D eigenvalue weighted by Gasteiger charge is -2.32. The molecule has 3 aromatic rings. The molecule has 4 rings (SSSR count). The third-order valence-electron chi connectivity index (χ3n) is 5.92. The number of H-pyrrole nitrogens is 1. The number of rotatable bonds is 6. The minimum Gasteiger partial charge on any atom is -0.467 e. The fraction of sp³-hybridized carbons (Fsp3) is 0.320. The second-order valence-corrected chi connectivity index (χ2v) is 8.13. The van der Waals surface area contributed by atoms with Crippen molar-refractivity contribution in [2.45, 2.75) is 25.3 Å². The van der Waals surface area contributed by atoms with E-state index in [-0.39, 0.29) is 17.7 Å². The van der Waals surface area contributed by atoms with Crippen LogP contribution in [-0.4, -0.2) is 53.9 Å². The summed E-state index contributed by atoms with van der Waals surface area (Å²) in [5, 5.41) is 3.82. The van der Waals surface area contributed by atoms with Gasteiger partial charge in [-0.05, 0) is 30.5 Å². The van der Waals surface area contributed by atoms with Crippen LogP contribution in [0.5, 0.6) is 0 Å². The van der Waals surface area contributed by atoms with Gasteiger partial charge in [0.05, 0.1) is 13.0 Å². The Morgan fingerprint density at radius 1 is 1.12 bits per heavy atom. The number of hydrogen-bond acceptors (Lipinski definition) is 4. The second kappa shape index (κ2) is 9.68. The molecule has 0 saturated carbocycles. The molecule has 2 aromatic carbocycles. The van der Waals surface area contributed by atoms with Crippen molar-refractivity contribution in [1.82, 2.24) is 15.2 Å². The number of esters is 1. The van der Waals surface area contributed by atoms with Crippen LogP contribution in [0.3, 0.4) is 0 Å². The van der Waals surface area contributed by atoms with Crippen LogP contribution >= 0.6 is 0 Å². The zero-order valence-electron chi connectivity index (χ0n) is 18.0. The van der Waals surface area contributed by atoms with Gasteiger partial charge in [0.15, 0.2) is 0 Å². The Morgan fingerprint density at radius 3 is 2.62 bits per heavy atom. The number of nitrogens with one attached hydrogen (secondary N) is 2. The number of carbonyl (C=O) groups is 3. The van der Waals surface area contributed by atoms with Crippen LogP contribution in [-0.2, 0) is 20.7 Å². The molecule has 0 bridgehead atoms. The first-order valence-electron chi connectivity index (χ1n) is 10.8. The lowest BCUT2D eigenvalue weighted by molar-refractivity contribution is -0.145. The van der Waals surface area contributed by atoms with Crippen LogP contribution in [0.2, 0.25) is 0 Å². The number of piperidine rings is 1. The summed E-state index contributed by atoms with van der Waals surface area (Å²) in [6.07, 6.45) is 1.75. The van der Waals surface area contributed by atoms with E-state index in [0.717, 1.165) is 22.9 Å². The number of aromatic nitrogens is 1. The molecule has 166 valence electrons. The standard InChI is InChI=1S/C25H27N3O4/c1-32-25(31)22(14-17-8-3-2-4-9-17)27-23(29)19-11-7-13-28(16-19)24(30)21-15-18-10-5-6-12-20(18)26-21/h2-6,8-10,12,15,19,22,26H,7,11,13-14,16H2,1H3,(H,27,29)/t19?,22-/m1/s1. The number of ether oxygens (including phenoxy) is 1. The second-order valence-electron chi connectivity index (χ2n) is 8.13. The molecule has 2 atom stereocenters. The zero-order valence-corrected chi connectivity index (χ0v) is 18.0. The number of para-hydroxylation sites is 1. The van der Waals surface area contributed by atoms with Gasteiger partial charge in [-0.25, -0.2) is 4.79 Å². The van der Waals surface area contributed by atoms with Crippen molar-refractivity contribution in [2.75, 3.05) is 20.2 Å². The van der Waals surface area contributed by atoms with Crippen LogP contribution in [0.25, 0.3) is 10.9 Å². The Bertz CT molecular complexity index is 1080. The molecule has 2 heterocycles. The van der Waals surface area contributed by atoms with Gasteiger partial charge in [0.25, 0.3) is 5.91 Å². The molecule has 32 heavy (non-hydrogen) atoms. The van der Waals surface area contributed by atoms with E-state index in [1.807, 2.05) is 60.7 Å². The molecule has 1 aliphatic heterocycles. The largest absolute Gasteiger partial charge is 0.467 e. The first-order chi connectivity index (χ1) is 15.5.